The number of ether oxygens (including phenoxy) is 4. The number of hydrogen-bond donors (Lipinski definition) is 2. The Kier molecular flexibility index (Phi) is 11.3. The molecule has 2 aliphatic heterocycles. The first kappa shape index (κ1) is 34.7. The molecule has 1 saturated heterocycles. The third-order valence-corrected chi connectivity index (χ3v) is 8.02. The van der Waals surface area contributed by atoms with Crippen LogP contribution in [0.2, 0.25) is 0 Å². The van der Waals surface area contributed by atoms with Crippen molar-refractivity contribution in [3.63, 3.8) is 0 Å². The Bertz CT molecular complexity index is 1470. The van der Waals surface area contributed by atoms with Crippen molar-refractivity contribution in [2.75, 3.05) is 25.5 Å². The monoisotopic (exact) mass is 667 g/mol. The number of hydrogen-bond acceptors (Lipinski definition) is 9. The van der Waals surface area contributed by atoms with Gasteiger partial charge in [-0.1, -0.05) is 6.07 Å². The molecule has 2 N–H and O–H groups in total. The van der Waals surface area contributed by atoms with Gasteiger partial charge in [-0.05, 0) is 63.4 Å². The summed E-state index contributed by atoms with van der Waals surface area (Å²) in [4.78, 5) is 52.5. The summed E-state index contributed by atoms with van der Waals surface area (Å²) in [5, 5.41) is 4.45. The number of benzene rings is 2. The Hall–Kier alpha value is -4.14. The Morgan fingerprint density at radius 3 is 2.52 bits per heavy atom. The zero-order valence-corrected chi connectivity index (χ0v) is 26.6. The molecule has 0 saturated carbocycles. The molecule has 2 aliphatic rings. The summed E-state index contributed by atoms with van der Waals surface area (Å²) >= 11 is 1.25. The number of carbonyl (C=O) groups is 4. The Labute approximate surface area is 268 Å². The maximum Gasteiger partial charge on any atom is 0.407 e. The van der Waals surface area contributed by atoms with Crippen LogP contribution in [-0.4, -0.2) is 77.4 Å². The number of esters is 1. The van der Waals surface area contributed by atoms with E-state index in [4.69, 9.17) is 18.9 Å². The largest absolute Gasteiger partial charge is 0.485 e. The quantitative estimate of drug-likeness (QED) is 0.287. The molecule has 2 aromatic carbocycles. The zero-order valence-electron chi connectivity index (χ0n) is 25.8. The summed E-state index contributed by atoms with van der Waals surface area (Å²) in [6, 6.07) is 5.01. The molecule has 0 aliphatic carbocycles. The van der Waals surface area contributed by atoms with Crippen molar-refractivity contribution < 1.29 is 51.3 Å². The number of rotatable bonds is 10. The van der Waals surface area contributed by atoms with Gasteiger partial charge in [0.15, 0.2) is 28.5 Å². The molecule has 250 valence electrons. The van der Waals surface area contributed by atoms with Gasteiger partial charge in [-0.3, -0.25) is 9.59 Å². The van der Waals surface area contributed by atoms with Crippen LogP contribution in [0.25, 0.3) is 0 Å². The van der Waals surface area contributed by atoms with E-state index in [0.717, 1.165) is 0 Å². The lowest BCUT2D eigenvalue weighted by Gasteiger charge is -2.27. The molecule has 2 heterocycles. The third kappa shape index (κ3) is 9.21. The van der Waals surface area contributed by atoms with Crippen molar-refractivity contribution in [2.45, 2.75) is 70.2 Å². The van der Waals surface area contributed by atoms with Gasteiger partial charge in [0.05, 0.1) is 6.61 Å². The fourth-order valence-electron chi connectivity index (χ4n) is 4.76. The van der Waals surface area contributed by atoms with Crippen molar-refractivity contribution in [1.82, 2.24) is 15.5 Å². The van der Waals surface area contributed by atoms with E-state index in [1.165, 1.54) is 16.7 Å². The van der Waals surface area contributed by atoms with Crippen LogP contribution in [0.4, 0.5) is 18.0 Å². The molecule has 46 heavy (non-hydrogen) atoms. The Balaban J connectivity index is 1.39. The van der Waals surface area contributed by atoms with Crippen LogP contribution in [0.1, 0.15) is 45.2 Å². The number of nitrogens with zero attached hydrogens (tertiary/aromatic N) is 1. The van der Waals surface area contributed by atoms with Gasteiger partial charge in [0.1, 0.15) is 18.0 Å². The molecule has 15 heteroatoms. The molecule has 0 radical (unpaired) electrons. The van der Waals surface area contributed by atoms with Gasteiger partial charge in [0.2, 0.25) is 12.0 Å². The van der Waals surface area contributed by atoms with Gasteiger partial charge in [-0.15, -0.1) is 11.8 Å². The Morgan fingerprint density at radius 1 is 1.07 bits per heavy atom. The highest BCUT2D eigenvalue weighted by Gasteiger charge is 2.36. The van der Waals surface area contributed by atoms with Crippen molar-refractivity contribution in [3.8, 4) is 11.5 Å². The van der Waals surface area contributed by atoms with Gasteiger partial charge >= 0.3 is 12.1 Å². The van der Waals surface area contributed by atoms with E-state index in [9.17, 15) is 32.3 Å². The molecule has 0 bridgehead atoms. The highest BCUT2D eigenvalue weighted by atomic mass is 32.2. The molecule has 3 unspecified atom stereocenters. The lowest BCUT2D eigenvalue weighted by atomic mass is 10.0. The molecular weight excluding hydrogens is 631 g/mol. The van der Waals surface area contributed by atoms with Gasteiger partial charge in [-0.2, -0.15) is 0 Å². The van der Waals surface area contributed by atoms with Crippen molar-refractivity contribution in [3.05, 3.63) is 58.9 Å². The second-order valence-electron chi connectivity index (χ2n) is 11.6. The number of amides is 3. The fraction of sp³-hybridized carbons (Fsp3) is 0.484. The van der Waals surface area contributed by atoms with Crippen LogP contribution in [0.3, 0.4) is 0 Å². The lowest BCUT2D eigenvalue weighted by molar-refractivity contribution is -0.154. The van der Waals surface area contributed by atoms with Crippen LogP contribution in [0.5, 0.6) is 11.5 Å². The first-order valence-electron chi connectivity index (χ1n) is 14.6. The van der Waals surface area contributed by atoms with E-state index >= 15 is 0 Å². The molecule has 11 nitrogen and oxygen atoms in total. The summed E-state index contributed by atoms with van der Waals surface area (Å²) in [7, 11) is 0. The van der Waals surface area contributed by atoms with Crippen LogP contribution in [0, 0.1) is 17.5 Å². The standard InChI is InChI=1S/C31H36F3N3O8S/c1-5-42-29(40)25-16-43-24-10-17(6-7-23(24)44-25)15-35-27(39)28-37(8-9-46-28)26(38)13-19(36-30(41)45-31(2,3)4)11-18-12-21(33)22(34)14-20(18)32/h6-7,10,12,14,19,25,28H,5,8-9,11,13,15-16H2,1-4H3,(H,35,39)(H,36,41). The number of carbonyl (C=O) groups excluding carboxylic acids is 4. The normalized spacial score (nSPS) is 18.0. The molecule has 2 aromatic rings. The minimum atomic E-state index is -1.36. The summed E-state index contributed by atoms with van der Waals surface area (Å²) in [5.41, 5.74) is -0.432. The molecule has 1 fully saturated rings. The average Bonchev–Trinajstić information content (AvgIpc) is 3.48. The summed E-state index contributed by atoms with van der Waals surface area (Å²) in [6.45, 7) is 7.14. The second kappa shape index (κ2) is 15.0. The maximum atomic E-state index is 14.5. The SMILES string of the molecule is CCOC(=O)C1COc2cc(CNC(=O)C3SCCN3C(=O)CC(Cc3cc(F)c(F)cc3F)NC(=O)OC(C)(C)C)ccc2O1. The van der Waals surface area contributed by atoms with E-state index in [1.54, 1.807) is 45.9 Å². The van der Waals surface area contributed by atoms with Crippen molar-refractivity contribution in [1.29, 1.82) is 0 Å². The number of thioether (sulfide) groups is 1. The van der Waals surface area contributed by atoms with E-state index in [2.05, 4.69) is 10.6 Å². The predicted molar refractivity (Wildman–Crippen MR) is 161 cm³/mol. The minimum absolute atomic E-state index is 0.0239. The number of alkyl carbamates (subject to hydrolysis) is 1. The predicted octanol–water partition coefficient (Wildman–Crippen LogP) is 3.85. The molecule has 4 rings (SSSR count). The first-order chi connectivity index (χ1) is 21.7. The van der Waals surface area contributed by atoms with Gasteiger partial charge < -0.3 is 34.5 Å². The summed E-state index contributed by atoms with van der Waals surface area (Å²) < 4.78 is 63.4. The average molecular weight is 668 g/mol. The highest BCUT2D eigenvalue weighted by Crippen LogP contribution is 2.33. The summed E-state index contributed by atoms with van der Waals surface area (Å²) in [5.74, 6) is -3.91. The van der Waals surface area contributed by atoms with E-state index in [0.29, 0.717) is 34.9 Å². The highest BCUT2D eigenvalue weighted by molar-refractivity contribution is 8.00. The smallest absolute Gasteiger partial charge is 0.407 e. The van der Waals surface area contributed by atoms with Gasteiger partial charge in [-0.25, -0.2) is 22.8 Å². The number of nitrogens with one attached hydrogen (secondary N) is 2. The van der Waals surface area contributed by atoms with Crippen LogP contribution in [0.15, 0.2) is 30.3 Å². The summed E-state index contributed by atoms with van der Waals surface area (Å²) in [6.07, 6.45) is -2.46. The molecular formula is C31H36F3N3O8S. The van der Waals surface area contributed by atoms with Crippen LogP contribution < -0.4 is 20.1 Å². The molecule has 3 amide bonds. The zero-order chi connectivity index (χ0) is 33.6. The van der Waals surface area contributed by atoms with Crippen molar-refractivity contribution in [2.24, 2.45) is 0 Å². The van der Waals surface area contributed by atoms with Crippen LogP contribution >= 0.6 is 11.8 Å². The molecule has 0 spiro atoms. The van der Waals surface area contributed by atoms with Gasteiger partial charge in [0.25, 0.3) is 5.91 Å². The maximum absolute atomic E-state index is 14.5. The minimum Gasteiger partial charge on any atom is -0.485 e. The second-order valence-corrected chi connectivity index (χ2v) is 12.8. The Morgan fingerprint density at radius 2 is 1.80 bits per heavy atom. The molecule has 3 atom stereocenters. The number of halogens is 3. The van der Waals surface area contributed by atoms with Crippen molar-refractivity contribution >= 4 is 35.6 Å². The van der Waals surface area contributed by atoms with E-state index in [-0.39, 0.29) is 44.7 Å². The van der Waals surface area contributed by atoms with Gasteiger partial charge in [0, 0.05) is 37.4 Å². The fourth-order valence-corrected chi connectivity index (χ4v) is 5.92. The molecule has 0 aromatic heterocycles. The van der Waals surface area contributed by atoms with E-state index in [1.807, 2.05) is 0 Å². The topological polar surface area (TPSA) is 132 Å². The number of fused-ring (bicyclic) bond motifs is 1. The first-order valence-corrected chi connectivity index (χ1v) is 15.7. The third-order valence-electron chi connectivity index (χ3n) is 6.82. The lowest BCUT2D eigenvalue weighted by Crippen LogP contribution is -2.48. The van der Waals surface area contributed by atoms with E-state index < -0.39 is 64.4 Å². The van der Waals surface area contributed by atoms with Crippen LogP contribution in [-0.2, 0) is 36.8 Å².